The monoisotopic (exact) mass is 449 g/mol. The van der Waals surface area contributed by atoms with Crippen molar-refractivity contribution in [1.82, 2.24) is 0 Å². The number of carbonyl (C=O) groups is 2. The molecule has 1 aliphatic heterocycles. The number of benzene rings is 2. The molecule has 1 atom stereocenters. The van der Waals surface area contributed by atoms with E-state index in [0.717, 1.165) is 35.7 Å². The van der Waals surface area contributed by atoms with E-state index in [1.807, 2.05) is 19.1 Å². The Morgan fingerprint density at radius 3 is 2.83 bits per heavy atom. The average Bonchev–Trinajstić information content (AvgIpc) is 3.27. The van der Waals surface area contributed by atoms with Crippen LogP contribution in [0.1, 0.15) is 28.8 Å². The van der Waals surface area contributed by atoms with Crippen LogP contribution in [0.5, 0.6) is 5.75 Å². The summed E-state index contributed by atoms with van der Waals surface area (Å²) in [5.41, 5.74) is 1.70. The highest BCUT2D eigenvalue weighted by Crippen LogP contribution is 2.31. The van der Waals surface area contributed by atoms with Gasteiger partial charge in [-0.3, -0.25) is 4.79 Å². The van der Waals surface area contributed by atoms with Crippen LogP contribution in [0.15, 0.2) is 41.3 Å². The lowest BCUT2D eigenvalue weighted by atomic mass is 10.2. The van der Waals surface area contributed by atoms with E-state index in [-0.39, 0.29) is 6.10 Å². The van der Waals surface area contributed by atoms with Crippen molar-refractivity contribution >= 4 is 40.9 Å². The molecule has 6 nitrogen and oxygen atoms in total. The van der Waals surface area contributed by atoms with Gasteiger partial charge in [-0.15, -0.1) is 11.8 Å². The molecule has 0 bridgehead atoms. The molecule has 1 heterocycles. The summed E-state index contributed by atoms with van der Waals surface area (Å²) in [5, 5.41) is 3.23. The third kappa shape index (κ3) is 5.90. The predicted octanol–water partition coefficient (Wildman–Crippen LogP) is 4.72. The molecule has 0 spiro atoms. The predicted molar refractivity (Wildman–Crippen MR) is 118 cm³/mol. The second kappa shape index (κ2) is 10.7. The largest absolute Gasteiger partial charge is 0.495 e. The van der Waals surface area contributed by atoms with Crippen LogP contribution in [-0.2, 0) is 14.3 Å². The van der Waals surface area contributed by atoms with E-state index in [9.17, 15) is 9.59 Å². The Labute approximate surface area is 185 Å². The number of amides is 1. The quantitative estimate of drug-likeness (QED) is 0.464. The molecule has 1 aliphatic rings. The topological polar surface area (TPSA) is 73.9 Å². The van der Waals surface area contributed by atoms with E-state index in [2.05, 4.69) is 5.32 Å². The number of hydrogen-bond donors (Lipinski definition) is 1. The van der Waals surface area contributed by atoms with Gasteiger partial charge in [0.15, 0.2) is 6.61 Å². The van der Waals surface area contributed by atoms with Crippen LogP contribution in [-0.4, -0.2) is 44.1 Å². The highest BCUT2D eigenvalue weighted by molar-refractivity contribution is 7.99. The Bertz CT molecular complexity index is 914. The molecule has 1 amide bonds. The third-order valence-electron chi connectivity index (χ3n) is 4.64. The van der Waals surface area contributed by atoms with Crippen molar-refractivity contribution in [1.29, 1.82) is 0 Å². The number of rotatable bonds is 8. The molecule has 0 saturated carbocycles. The van der Waals surface area contributed by atoms with Gasteiger partial charge in [-0.25, -0.2) is 4.79 Å². The van der Waals surface area contributed by atoms with Crippen LogP contribution < -0.4 is 10.1 Å². The number of hydrogen-bond acceptors (Lipinski definition) is 6. The van der Waals surface area contributed by atoms with E-state index in [1.165, 1.54) is 7.11 Å². The third-order valence-corrected chi connectivity index (χ3v) is 6.26. The van der Waals surface area contributed by atoms with Crippen molar-refractivity contribution in [2.45, 2.75) is 30.8 Å². The molecule has 0 radical (unpaired) electrons. The number of carbonyl (C=O) groups excluding carboxylic acids is 2. The van der Waals surface area contributed by atoms with Crippen LogP contribution in [0.2, 0.25) is 5.02 Å². The van der Waals surface area contributed by atoms with Gasteiger partial charge in [0.05, 0.1) is 24.5 Å². The molecule has 1 unspecified atom stereocenters. The number of nitrogens with one attached hydrogen (secondary N) is 1. The van der Waals surface area contributed by atoms with Crippen LogP contribution in [0.25, 0.3) is 0 Å². The number of halogens is 1. The Kier molecular flexibility index (Phi) is 8.01. The van der Waals surface area contributed by atoms with Crippen molar-refractivity contribution in [3.63, 3.8) is 0 Å². The summed E-state index contributed by atoms with van der Waals surface area (Å²) < 4.78 is 16.1. The van der Waals surface area contributed by atoms with Gasteiger partial charge in [-0.1, -0.05) is 23.7 Å². The van der Waals surface area contributed by atoms with Gasteiger partial charge in [0.1, 0.15) is 5.75 Å². The van der Waals surface area contributed by atoms with Crippen molar-refractivity contribution in [2.75, 3.05) is 31.4 Å². The SMILES string of the molecule is COc1cc(Cl)c(C)cc1NC(=O)COC(=O)c1ccccc1SCC1CCCO1. The molecular formula is C22H24ClNO5S. The zero-order chi connectivity index (χ0) is 21.5. The minimum absolute atomic E-state index is 0.211. The van der Waals surface area contributed by atoms with E-state index in [1.54, 1.807) is 36.0 Å². The Morgan fingerprint density at radius 1 is 1.30 bits per heavy atom. The highest BCUT2D eigenvalue weighted by Gasteiger charge is 2.19. The minimum Gasteiger partial charge on any atom is -0.495 e. The fourth-order valence-electron chi connectivity index (χ4n) is 3.04. The van der Waals surface area contributed by atoms with Crippen LogP contribution in [0.4, 0.5) is 5.69 Å². The van der Waals surface area contributed by atoms with Gasteiger partial charge in [-0.05, 0) is 43.5 Å². The van der Waals surface area contributed by atoms with Crippen molar-refractivity contribution < 1.29 is 23.8 Å². The highest BCUT2D eigenvalue weighted by atomic mass is 35.5. The molecule has 1 saturated heterocycles. The zero-order valence-electron chi connectivity index (χ0n) is 16.9. The van der Waals surface area contributed by atoms with E-state index in [4.69, 9.17) is 25.8 Å². The lowest BCUT2D eigenvalue weighted by Crippen LogP contribution is -2.21. The molecule has 160 valence electrons. The van der Waals surface area contributed by atoms with E-state index >= 15 is 0 Å². The van der Waals surface area contributed by atoms with E-state index < -0.39 is 18.5 Å². The van der Waals surface area contributed by atoms with Crippen LogP contribution in [0, 0.1) is 6.92 Å². The maximum Gasteiger partial charge on any atom is 0.339 e. The van der Waals surface area contributed by atoms with Crippen LogP contribution >= 0.6 is 23.4 Å². The molecule has 0 aromatic heterocycles. The maximum atomic E-state index is 12.6. The smallest absolute Gasteiger partial charge is 0.339 e. The van der Waals surface area contributed by atoms with Gasteiger partial charge in [-0.2, -0.15) is 0 Å². The van der Waals surface area contributed by atoms with Gasteiger partial charge >= 0.3 is 5.97 Å². The molecule has 8 heteroatoms. The number of methoxy groups -OCH3 is 1. The number of anilines is 1. The van der Waals surface area contributed by atoms with Gasteiger partial charge in [0.25, 0.3) is 5.91 Å². The first kappa shape index (κ1) is 22.5. The van der Waals surface area contributed by atoms with Gasteiger partial charge in [0, 0.05) is 28.3 Å². The lowest BCUT2D eigenvalue weighted by Gasteiger charge is -2.13. The number of esters is 1. The fraction of sp³-hybridized carbons (Fsp3) is 0.364. The first-order chi connectivity index (χ1) is 14.5. The zero-order valence-corrected chi connectivity index (χ0v) is 18.5. The molecule has 0 aliphatic carbocycles. The fourth-order valence-corrected chi connectivity index (χ4v) is 4.31. The van der Waals surface area contributed by atoms with Crippen molar-refractivity contribution in [3.8, 4) is 5.75 Å². The number of thioether (sulfide) groups is 1. The first-order valence-electron chi connectivity index (χ1n) is 9.62. The van der Waals surface area contributed by atoms with Crippen molar-refractivity contribution in [2.24, 2.45) is 0 Å². The summed E-state index contributed by atoms with van der Waals surface area (Å²) in [4.78, 5) is 25.7. The summed E-state index contributed by atoms with van der Waals surface area (Å²) in [6, 6.07) is 10.5. The standard InChI is InChI=1S/C22H24ClNO5S/c1-14-10-18(19(27-2)11-17(14)23)24-21(25)12-29-22(26)16-7-3-4-8-20(16)30-13-15-6-5-9-28-15/h3-4,7-8,10-11,15H,5-6,9,12-13H2,1-2H3,(H,24,25). The summed E-state index contributed by atoms with van der Waals surface area (Å²) in [5.74, 6) is 0.203. The van der Waals surface area contributed by atoms with E-state index in [0.29, 0.717) is 22.0 Å². The summed E-state index contributed by atoms with van der Waals surface area (Å²) in [6.45, 7) is 2.21. The molecule has 2 aromatic carbocycles. The number of aryl methyl sites for hydroxylation is 1. The Hall–Kier alpha value is -2.22. The molecule has 1 fully saturated rings. The minimum atomic E-state index is -0.542. The molecule has 30 heavy (non-hydrogen) atoms. The summed E-state index contributed by atoms with van der Waals surface area (Å²) >= 11 is 7.64. The second-order valence-electron chi connectivity index (χ2n) is 6.87. The van der Waals surface area contributed by atoms with Crippen molar-refractivity contribution in [3.05, 3.63) is 52.5 Å². The molecular weight excluding hydrogens is 426 g/mol. The summed E-state index contributed by atoms with van der Waals surface area (Å²) in [7, 11) is 1.49. The lowest BCUT2D eigenvalue weighted by molar-refractivity contribution is -0.119. The molecule has 1 N–H and O–H groups in total. The Morgan fingerprint density at radius 2 is 2.10 bits per heavy atom. The Balaban J connectivity index is 1.58. The second-order valence-corrected chi connectivity index (χ2v) is 8.34. The average molecular weight is 450 g/mol. The van der Waals surface area contributed by atoms with Crippen LogP contribution in [0.3, 0.4) is 0 Å². The molecule has 3 rings (SSSR count). The number of ether oxygens (including phenoxy) is 3. The summed E-state index contributed by atoms with van der Waals surface area (Å²) in [6.07, 6.45) is 2.32. The first-order valence-corrected chi connectivity index (χ1v) is 11.0. The maximum absolute atomic E-state index is 12.6. The van der Waals surface area contributed by atoms with Gasteiger partial charge in [0.2, 0.25) is 0 Å². The molecule has 2 aromatic rings. The normalized spacial score (nSPS) is 15.6. The van der Waals surface area contributed by atoms with Gasteiger partial charge < -0.3 is 19.5 Å².